The third-order valence-corrected chi connectivity index (χ3v) is 4.69. The van der Waals surface area contributed by atoms with Gasteiger partial charge in [0.25, 0.3) is 0 Å². The lowest BCUT2D eigenvalue weighted by molar-refractivity contribution is -0.143. The highest BCUT2D eigenvalue weighted by Gasteiger charge is 2.26. The van der Waals surface area contributed by atoms with E-state index in [2.05, 4.69) is 47.5 Å². The Balaban J connectivity index is 1.84. The molecule has 1 fully saturated rings. The molecule has 1 aromatic carbocycles. The number of nitrogens with zero attached hydrogens (tertiary/aromatic N) is 1. The van der Waals surface area contributed by atoms with Crippen molar-refractivity contribution >= 4 is 5.97 Å². The van der Waals surface area contributed by atoms with Crippen LogP contribution in [0.15, 0.2) is 30.3 Å². The van der Waals surface area contributed by atoms with Crippen molar-refractivity contribution < 1.29 is 9.53 Å². The quantitative estimate of drug-likeness (QED) is 0.821. The van der Waals surface area contributed by atoms with E-state index >= 15 is 0 Å². The van der Waals surface area contributed by atoms with Gasteiger partial charge in [-0.05, 0) is 31.7 Å². The van der Waals surface area contributed by atoms with Crippen molar-refractivity contribution in [2.75, 3.05) is 20.2 Å². The van der Waals surface area contributed by atoms with Crippen LogP contribution in [0, 0.1) is 0 Å². The van der Waals surface area contributed by atoms with Crippen LogP contribution in [-0.2, 0) is 9.53 Å². The molecule has 1 aliphatic heterocycles. The van der Waals surface area contributed by atoms with Gasteiger partial charge in [0, 0.05) is 25.2 Å². The molecule has 0 aromatic heterocycles. The van der Waals surface area contributed by atoms with Crippen molar-refractivity contribution in [2.24, 2.45) is 0 Å². The summed E-state index contributed by atoms with van der Waals surface area (Å²) in [5.41, 5.74) is 1.37. The molecule has 4 heteroatoms. The lowest BCUT2D eigenvalue weighted by Gasteiger charge is -2.37. The van der Waals surface area contributed by atoms with Gasteiger partial charge >= 0.3 is 5.97 Å². The van der Waals surface area contributed by atoms with Gasteiger partial charge in [-0.3, -0.25) is 9.69 Å². The van der Waals surface area contributed by atoms with Crippen LogP contribution < -0.4 is 5.32 Å². The summed E-state index contributed by atoms with van der Waals surface area (Å²) in [4.78, 5) is 14.2. The number of esters is 1. The first-order valence-electron chi connectivity index (χ1n) is 8.28. The molecule has 1 aromatic rings. The highest BCUT2D eigenvalue weighted by molar-refractivity contribution is 5.75. The van der Waals surface area contributed by atoms with Crippen molar-refractivity contribution in [3.8, 4) is 0 Å². The number of carbonyl (C=O) groups excluding carboxylic acids is 1. The number of ether oxygens (including phenoxy) is 1. The normalized spacial score (nSPS) is 19.6. The fourth-order valence-corrected chi connectivity index (χ4v) is 3.18. The van der Waals surface area contributed by atoms with Gasteiger partial charge in [-0.1, -0.05) is 37.3 Å². The Bertz CT molecular complexity index is 455. The Hall–Kier alpha value is -1.39. The summed E-state index contributed by atoms with van der Waals surface area (Å²) in [6, 6.07) is 11.3. The number of benzene rings is 1. The van der Waals surface area contributed by atoms with Gasteiger partial charge in [0.1, 0.15) is 6.04 Å². The Labute approximate surface area is 133 Å². The molecule has 1 heterocycles. The zero-order valence-electron chi connectivity index (χ0n) is 13.9. The van der Waals surface area contributed by atoms with Gasteiger partial charge in [0.2, 0.25) is 0 Å². The molecule has 0 saturated carbocycles. The van der Waals surface area contributed by atoms with Gasteiger partial charge < -0.3 is 10.1 Å². The lowest BCUT2D eigenvalue weighted by Crippen LogP contribution is -2.49. The molecule has 0 unspecified atom stereocenters. The van der Waals surface area contributed by atoms with Crippen LogP contribution in [0.2, 0.25) is 0 Å². The Kier molecular flexibility index (Phi) is 6.40. The monoisotopic (exact) mass is 304 g/mol. The number of hydrogen-bond acceptors (Lipinski definition) is 4. The van der Waals surface area contributed by atoms with E-state index in [9.17, 15) is 4.79 Å². The minimum atomic E-state index is -0.173. The number of rotatable bonds is 6. The van der Waals surface area contributed by atoms with E-state index in [4.69, 9.17) is 4.74 Å². The zero-order chi connectivity index (χ0) is 15.9. The highest BCUT2D eigenvalue weighted by Crippen LogP contribution is 2.24. The average molecular weight is 304 g/mol. The SMILES string of the molecule is CC[C@H](NC1CCN([C@@H](C)c2ccccc2)CC1)C(=O)OC. The Morgan fingerprint density at radius 2 is 1.95 bits per heavy atom. The fourth-order valence-electron chi connectivity index (χ4n) is 3.18. The molecular formula is C18H28N2O2. The second-order valence-corrected chi connectivity index (χ2v) is 6.05. The van der Waals surface area contributed by atoms with E-state index in [0.717, 1.165) is 32.4 Å². The minimum absolute atomic E-state index is 0.150. The maximum atomic E-state index is 11.7. The fraction of sp³-hybridized carbons (Fsp3) is 0.611. The van der Waals surface area contributed by atoms with E-state index in [0.29, 0.717) is 12.1 Å². The molecule has 1 aliphatic rings. The first-order chi connectivity index (χ1) is 10.7. The maximum Gasteiger partial charge on any atom is 0.322 e. The summed E-state index contributed by atoms with van der Waals surface area (Å²) in [7, 11) is 1.46. The van der Waals surface area contributed by atoms with E-state index in [1.165, 1.54) is 12.7 Å². The second-order valence-electron chi connectivity index (χ2n) is 6.05. The Morgan fingerprint density at radius 1 is 1.32 bits per heavy atom. The molecule has 22 heavy (non-hydrogen) atoms. The number of hydrogen-bond donors (Lipinski definition) is 1. The Morgan fingerprint density at radius 3 is 2.50 bits per heavy atom. The molecule has 122 valence electrons. The predicted molar refractivity (Wildman–Crippen MR) is 88.7 cm³/mol. The molecule has 0 aliphatic carbocycles. The van der Waals surface area contributed by atoms with Crippen LogP contribution in [-0.4, -0.2) is 43.2 Å². The summed E-state index contributed by atoms with van der Waals surface area (Å²) in [6.07, 6.45) is 2.92. The van der Waals surface area contributed by atoms with E-state index in [1.807, 2.05) is 6.92 Å². The van der Waals surface area contributed by atoms with Crippen LogP contribution in [0.5, 0.6) is 0 Å². The summed E-state index contributed by atoms with van der Waals surface area (Å²) >= 11 is 0. The van der Waals surface area contributed by atoms with Crippen molar-refractivity contribution in [3.05, 3.63) is 35.9 Å². The van der Waals surface area contributed by atoms with E-state index < -0.39 is 0 Å². The molecule has 1 saturated heterocycles. The third-order valence-electron chi connectivity index (χ3n) is 4.69. The first-order valence-corrected chi connectivity index (χ1v) is 8.28. The van der Waals surface area contributed by atoms with Crippen LogP contribution in [0.4, 0.5) is 0 Å². The molecule has 2 rings (SSSR count). The van der Waals surface area contributed by atoms with Gasteiger partial charge in [0.05, 0.1) is 7.11 Å². The van der Waals surface area contributed by atoms with Crippen molar-refractivity contribution in [2.45, 2.75) is 51.2 Å². The van der Waals surface area contributed by atoms with Crippen LogP contribution in [0.25, 0.3) is 0 Å². The maximum absolute atomic E-state index is 11.7. The third kappa shape index (κ3) is 4.31. The van der Waals surface area contributed by atoms with E-state index in [-0.39, 0.29) is 12.0 Å². The molecule has 0 spiro atoms. The molecule has 2 atom stereocenters. The van der Waals surface area contributed by atoms with Crippen LogP contribution in [0.1, 0.15) is 44.7 Å². The summed E-state index contributed by atoms with van der Waals surface area (Å²) < 4.78 is 4.85. The zero-order valence-corrected chi connectivity index (χ0v) is 13.9. The van der Waals surface area contributed by atoms with Gasteiger partial charge in [-0.15, -0.1) is 0 Å². The number of likely N-dealkylation sites (tertiary alicyclic amines) is 1. The smallest absolute Gasteiger partial charge is 0.322 e. The molecule has 0 bridgehead atoms. The van der Waals surface area contributed by atoms with Gasteiger partial charge in [-0.2, -0.15) is 0 Å². The number of nitrogens with one attached hydrogen (secondary N) is 1. The number of carbonyl (C=O) groups is 1. The average Bonchev–Trinajstić information content (AvgIpc) is 2.59. The predicted octanol–water partition coefficient (Wildman–Crippen LogP) is 2.75. The largest absolute Gasteiger partial charge is 0.468 e. The lowest BCUT2D eigenvalue weighted by atomic mass is 9.99. The van der Waals surface area contributed by atoms with Crippen molar-refractivity contribution in [1.82, 2.24) is 10.2 Å². The summed E-state index contributed by atoms with van der Waals surface area (Å²) in [6.45, 7) is 6.41. The van der Waals surface area contributed by atoms with Crippen LogP contribution in [0.3, 0.4) is 0 Å². The molecule has 4 nitrogen and oxygen atoms in total. The topological polar surface area (TPSA) is 41.6 Å². The summed E-state index contributed by atoms with van der Waals surface area (Å²) in [5, 5.41) is 3.45. The molecule has 0 amide bonds. The second kappa shape index (κ2) is 8.30. The number of piperidine rings is 1. The summed E-state index contributed by atoms with van der Waals surface area (Å²) in [5.74, 6) is -0.150. The van der Waals surface area contributed by atoms with Crippen molar-refractivity contribution in [3.63, 3.8) is 0 Å². The molecule has 1 N–H and O–H groups in total. The standard InChI is InChI=1S/C18H28N2O2/c1-4-17(18(21)22-3)19-16-10-12-20(13-11-16)14(2)15-8-6-5-7-9-15/h5-9,14,16-17,19H,4,10-13H2,1-3H3/t14-,17-/m0/s1. The van der Waals surface area contributed by atoms with E-state index in [1.54, 1.807) is 0 Å². The minimum Gasteiger partial charge on any atom is -0.468 e. The van der Waals surface area contributed by atoms with Gasteiger partial charge in [-0.25, -0.2) is 0 Å². The first kappa shape index (κ1) is 17.0. The highest BCUT2D eigenvalue weighted by atomic mass is 16.5. The van der Waals surface area contributed by atoms with Gasteiger partial charge in [0.15, 0.2) is 0 Å². The van der Waals surface area contributed by atoms with Crippen LogP contribution >= 0.6 is 0 Å². The molecular weight excluding hydrogens is 276 g/mol. The molecule has 0 radical (unpaired) electrons. The number of methoxy groups -OCH3 is 1. The van der Waals surface area contributed by atoms with Crippen molar-refractivity contribution in [1.29, 1.82) is 0 Å².